The Hall–Kier alpha value is -0.820. The maximum Gasteiger partial charge on any atom is 0.0465 e. The van der Waals surface area contributed by atoms with Gasteiger partial charge in [-0.2, -0.15) is 0 Å². The van der Waals surface area contributed by atoms with Crippen molar-refractivity contribution in [2.75, 3.05) is 6.61 Å². The zero-order valence-electron chi connectivity index (χ0n) is 7.74. The van der Waals surface area contributed by atoms with Crippen LogP contribution in [0, 0.1) is 0 Å². The molecule has 0 aliphatic rings. The molecular weight excluding hydrogens is 148 g/mol. The monoisotopic (exact) mass is 166 g/mol. The van der Waals surface area contributed by atoms with E-state index in [-0.39, 0.29) is 6.61 Å². The van der Waals surface area contributed by atoms with Crippen LogP contribution in [0.2, 0.25) is 0 Å². The molecule has 0 saturated heterocycles. The fourth-order valence-corrected chi connectivity index (χ4v) is 0.783. The third kappa shape index (κ3) is 9.18. The Balaban J connectivity index is 3.24. The number of aliphatic hydroxyl groups excluding tert-OH is 1. The lowest BCUT2D eigenvalue weighted by Gasteiger charge is -1.84. The average molecular weight is 166 g/mol. The summed E-state index contributed by atoms with van der Waals surface area (Å²) in [5, 5.41) is 8.45. The van der Waals surface area contributed by atoms with Crippen molar-refractivity contribution in [3.05, 3.63) is 36.5 Å². The Morgan fingerprint density at radius 2 is 1.50 bits per heavy atom. The highest BCUT2D eigenvalue weighted by molar-refractivity contribution is 5.02. The molecule has 0 amide bonds. The smallest absolute Gasteiger partial charge is 0.0465 e. The normalized spacial score (nSPS) is 12.5. The van der Waals surface area contributed by atoms with Crippen molar-refractivity contribution < 1.29 is 5.11 Å². The fraction of sp³-hybridized carbons (Fsp3) is 0.455. The lowest BCUT2D eigenvalue weighted by Crippen LogP contribution is -1.73. The van der Waals surface area contributed by atoms with Gasteiger partial charge in [0.2, 0.25) is 0 Å². The van der Waals surface area contributed by atoms with Gasteiger partial charge in [0.25, 0.3) is 0 Å². The molecule has 0 aliphatic heterocycles. The number of aliphatic hydroxyl groups is 1. The van der Waals surface area contributed by atoms with Crippen LogP contribution in [0.4, 0.5) is 0 Å². The predicted octanol–water partition coefficient (Wildman–Crippen LogP) is 2.84. The van der Waals surface area contributed by atoms with Gasteiger partial charge in [-0.1, -0.05) is 36.5 Å². The molecule has 0 bridgehead atoms. The van der Waals surface area contributed by atoms with E-state index in [1.165, 1.54) is 0 Å². The van der Waals surface area contributed by atoms with Crippen molar-refractivity contribution >= 4 is 0 Å². The highest BCUT2D eigenvalue weighted by atomic mass is 16.2. The van der Waals surface area contributed by atoms with Crippen molar-refractivity contribution in [2.45, 2.75) is 26.2 Å². The third-order valence-electron chi connectivity index (χ3n) is 1.41. The molecule has 0 aliphatic carbocycles. The van der Waals surface area contributed by atoms with Crippen molar-refractivity contribution in [2.24, 2.45) is 0 Å². The van der Waals surface area contributed by atoms with E-state index in [1.807, 2.05) is 25.2 Å². The van der Waals surface area contributed by atoms with Crippen LogP contribution in [0.25, 0.3) is 0 Å². The summed E-state index contributed by atoms with van der Waals surface area (Å²) in [6, 6.07) is 0. The first kappa shape index (κ1) is 11.2. The van der Waals surface area contributed by atoms with Gasteiger partial charge < -0.3 is 5.11 Å². The summed E-state index contributed by atoms with van der Waals surface area (Å²) in [6.45, 7) is 2.27. The van der Waals surface area contributed by atoms with Crippen LogP contribution in [0.5, 0.6) is 0 Å². The van der Waals surface area contributed by atoms with Crippen molar-refractivity contribution in [3.8, 4) is 0 Å². The molecule has 0 unspecified atom stereocenters. The Kier molecular flexibility index (Phi) is 9.48. The predicted molar refractivity (Wildman–Crippen MR) is 54.0 cm³/mol. The second-order valence-corrected chi connectivity index (χ2v) is 2.51. The number of rotatable bonds is 6. The molecule has 1 nitrogen and oxygen atoms in total. The van der Waals surface area contributed by atoms with E-state index in [0.29, 0.717) is 0 Å². The molecule has 68 valence electrons. The first-order chi connectivity index (χ1) is 5.91. The maximum absolute atomic E-state index is 8.45. The molecule has 0 aromatic carbocycles. The van der Waals surface area contributed by atoms with Crippen LogP contribution < -0.4 is 0 Å². The van der Waals surface area contributed by atoms with Crippen molar-refractivity contribution in [1.82, 2.24) is 0 Å². The van der Waals surface area contributed by atoms with E-state index in [1.54, 1.807) is 0 Å². The largest absolute Gasteiger partial charge is 0.396 e. The molecule has 0 heterocycles. The van der Waals surface area contributed by atoms with Crippen molar-refractivity contribution in [3.63, 3.8) is 0 Å². The Labute approximate surface area is 75.1 Å². The van der Waals surface area contributed by atoms with Gasteiger partial charge in [-0.25, -0.2) is 0 Å². The number of hydrogen-bond donors (Lipinski definition) is 1. The summed E-state index contributed by atoms with van der Waals surface area (Å²) < 4.78 is 0. The molecule has 0 aromatic rings. The van der Waals surface area contributed by atoms with E-state index >= 15 is 0 Å². The van der Waals surface area contributed by atoms with E-state index in [2.05, 4.69) is 18.2 Å². The number of hydrogen-bond acceptors (Lipinski definition) is 1. The van der Waals surface area contributed by atoms with Gasteiger partial charge in [0.15, 0.2) is 0 Å². The first-order valence-corrected chi connectivity index (χ1v) is 4.45. The summed E-state index contributed by atoms with van der Waals surface area (Å²) in [5.41, 5.74) is 0. The fourth-order valence-electron chi connectivity index (χ4n) is 0.783. The number of unbranched alkanes of at least 4 members (excludes halogenated alkanes) is 1. The second kappa shape index (κ2) is 10.2. The summed E-state index contributed by atoms with van der Waals surface area (Å²) >= 11 is 0. The second-order valence-electron chi connectivity index (χ2n) is 2.51. The topological polar surface area (TPSA) is 20.2 Å². The van der Waals surface area contributed by atoms with Crippen LogP contribution in [-0.4, -0.2) is 11.7 Å². The standard InChI is InChI=1S/C11H18O/c1-2-3-4-5-6-7-8-9-10-11-12/h2-3,6-9,12H,4-5,10-11H2,1H3/b3-2+,7-6+,9-8+. The van der Waals surface area contributed by atoms with E-state index in [0.717, 1.165) is 19.3 Å². The highest BCUT2D eigenvalue weighted by Crippen LogP contribution is 1.93. The summed E-state index contributed by atoms with van der Waals surface area (Å²) in [6.07, 6.45) is 15.3. The molecule has 0 saturated carbocycles. The quantitative estimate of drug-likeness (QED) is 0.365. The highest BCUT2D eigenvalue weighted by Gasteiger charge is 1.73. The Bertz CT molecular complexity index is 154. The van der Waals surface area contributed by atoms with E-state index in [4.69, 9.17) is 5.11 Å². The maximum atomic E-state index is 8.45. The zero-order chi connectivity index (χ0) is 9.07. The molecule has 1 N–H and O–H groups in total. The van der Waals surface area contributed by atoms with Crippen LogP contribution >= 0.6 is 0 Å². The van der Waals surface area contributed by atoms with Gasteiger partial charge in [-0.15, -0.1) is 0 Å². The molecule has 1 heteroatoms. The van der Waals surface area contributed by atoms with Gasteiger partial charge in [0.1, 0.15) is 0 Å². The Morgan fingerprint density at radius 3 is 2.08 bits per heavy atom. The van der Waals surface area contributed by atoms with Gasteiger partial charge in [0.05, 0.1) is 0 Å². The summed E-state index contributed by atoms with van der Waals surface area (Å²) in [5.74, 6) is 0. The molecule has 0 rings (SSSR count). The lowest BCUT2D eigenvalue weighted by molar-refractivity contribution is 0.302. The third-order valence-corrected chi connectivity index (χ3v) is 1.41. The molecule has 0 atom stereocenters. The van der Waals surface area contributed by atoms with Crippen LogP contribution in [0.1, 0.15) is 26.2 Å². The summed E-state index contributed by atoms with van der Waals surface area (Å²) in [4.78, 5) is 0. The zero-order valence-corrected chi connectivity index (χ0v) is 7.74. The van der Waals surface area contributed by atoms with Crippen LogP contribution in [0.3, 0.4) is 0 Å². The van der Waals surface area contributed by atoms with Gasteiger partial charge >= 0.3 is 0 Å². The molecular formula is C11H18O. The Morgan fingerprint density at radius 1 is 0.917 bits per heavy atom. The minimum Gasteiger partial charge on any atom is -0.396 e. The minimum atomic E-state index is 0.239. The first-order valence-electron chi connectivity index (χ1n) is 4.45. The van der Waals surface area contributed by atoms with Crippen molar-refractivity contribution in [1.29, 1.82) is 0 Å². The van der Waals surface area contributed by atoms with E-state index < -0.39 is 0 Å². The summed E-state index contributed by atoms with van der Waals surface area (Å²) in [7, 11) is 0. The van der Waals surface area contributed by atoms with Gasteiger partial charge in [0, 0.05) is 6.61 Å². The average Bonchev–Trinajstić information content (AvgIpc) is 2.10. The minimum absolute atomic E-state index is 0.239. The molecule has 0 fully saturated rings. The van der Waals surface area contributed by atoms with Crippen LogP contribution in [0.15, 0.2) is 36.5 Å². The van der Waals surface area contributed by atoms with Gasteiger partial charge in [-0.3, -0.25) is 0 Å². The molecule has 0 aromatic heterocycles. The van der Waals surface area contributed by atoms with Crippen LogP contribution in [-0.2, 0) is 0 Å². The molecule has 12 heavy (non-hydrogen) atoms. The van der Waals surface area contributed by atoms with E-state index in [9.17, 15) is 0 Å². The molecule has 0 spiro atoms. The SMILES string of the molecule is C/C=C/CC/C=C/C=C/CCO. The number of allylic oxidation sites excluding steroid dienone is 5. The lowest BCUT2D eigenvalue weighted by atomic mass is 10.2. The molecule has 0 radical (unpaired) electrons. The van der Waals surface area contributed by atoms with Gasteiger partial charge in [-0.05, 0) is 26.2 Å².